The molecule has 0 spiro atoms. The minimum atomic E-state index is -1.36. The van der Waals surface area contributed by atoms with Crippen LogP contribution < -0.4 is 5.32 Å². The second-order valence-electron chi connectivity index (χ2n) is 8.85. The van der Waals surface area contributed by atoms with Crippen LogP contribution in [0.3, 0.4) is 0 Å². The molecular weight excluding hydrogens is 398 g/mol. The number of carboxylic acids is 2. The number of alkyl carbamates (subject to hydrolysis) is 1. The molecule has 0 heterocycles. The number of amides is 1. The van der Waals surface area contributed by atoms with E-state index in [0.717, 1.165) is 22.3 Å². The molecule has 0 fully saturated rings. The standard InChI is InChI=1S/C24H27NO6/c1-24(2,3)19(21(26)27)12-20(22(28)29)25-23(30)31-13-18-16-10-6-4-8-14(16)15-9-5-7-11-17(15)18/h4-11,18-20H,12-13H2,1-3H3,(H,25,30)(H,26,27)(H,28,29)/t19-,20+/m1/s1. The summed E-state index contributed by atoms with van der Waals surface area (Å²) in [4.78, 5) is 35.6. The molecule has 2 aromatic carbocycles. The molecule has 2 atom stereocenters. The SMILES string of the molecule is CC(C)(C)[C@H](C[C@H](NC(=O)OCC1c2ccccc2-c2ccccc21)C(=O)O)C(=O)O. The number of hydrogen-bond donors (Lipinski definition) is 3. The van der Waals surface area contributed by atoms with Crippen molar-refractivity contribution in [1.82, 2.24) is 5.32 Å². The highest BCUT2D eigenvalue weighted by atomic mass is 16.5. The first kappa shape index (κ1) is 22.3. The third-order valence-corrected chi connectivity index (χ3v) is 5.75. The number of carboxylic acid groups (broad SMARTS) is 2. The number of carbonyl (C=O) groups is 3. The third-order valence-electron chi connectivity index (χ3n) is 5.75. The van der Waals surface area contributed by atoms with E-state index < -0.39 is 35.4 Å². The Morgan fingerprint density at radius 2 is 1.45 bits per heavy atom. The summed E-state index contributed by atoms with van der Waals surface area (Å²) in [7, 11) is 0. The molecule has 0 aromatic heterocycles. The molecule has 0 saturated carbocycles. The molecule has 31 heavy (non-hydrogen) atoms. The van der Waals surface area contributed by atoms with Crippen LogP contribution in [0.25, 0.3) is 11.1 Å². The highest BCUT2D eigenvalue weighted by Gasteiger charge is 2.36. The smallest absolute Gasteiger partial charge is 0.407 e. The molecular formula is C24H27NO6. The molecule has 1 aliphatic carbocycles. The van der Waals surface area contributed by atoms with Gasteiger partial charge in [-0.15, -0.1) is 0 Å². The Labute approximate surface area is 181 Å². The zero-order valence-electron chi connectivity index (χ0n) is 17.8. The number of ether oxygens (including phenoxy) is 1. The summed E-state index contributed by atoms with van der Waals surface area (Å²) in [5, 5.41) is 21.3. The summed E-state index contributed by atoms with van der Waals surface area (Å²) in [5.74, 6) is -3.50. The number of fused-ring (bicyclic) bond motifs is 3. The summed E-state index contributed by atoms with van der Waals surface area (Å²) in [5.41, 5.74) is 3.60. The van der Waals surface area contributed by atoms with Crippen LogP contribution in [0.1, 0.15) is 44.2 Å². The van der Waals surface area contributed by atoms with Gasteiger partial charge in [0.2, 0.25) is 0 Å². The van der Waals surface area contributed by atoms with E-state index in [1.54, 1.807) is 20.8 Å². The highest BCUT2D eigenvalue weighted by molar-refractivity contribution is 5.82. The number of aliphatic carboxylic acids is 2. The first-order valence-corrected chi connectivity index (χ1v) is 10.2. The maximum Gasteiger partial charge on any atom is 0.407 e. The Hall–Kier alpha value is -3.35. The van der Waals surface area contributed by atoms with Gasteiger partial charge in [-0.1, -0.05) is 69.3 Å². The average molecular weight is 425 g/mol. The minimum absolute atomic E-state index is 0.0494. The van der Waals surface area contributed by atoms with Gasteiger partial charge in [-0.05, 0) is 34.1 Å². The topological polar surface area (TPSA) is 113 Å². The molecule has 0 bridgehead atoms. The van der Waals surface area contributed by atoms with Gasteiger partial charge < -0.3 is 20.3 Å². The van der Waals surface area contributed by atoms with Crippen molar-refractivity contribution in [3.8, 4) is 11.1 Å². The quantitative estimate of drug-likeness (QED) is 0.615. The van der Waals surface area contributed by atoms with Gasteiger partial charge in [0.25, 0.3) is 0 Å². The van der Waals surface area contributed by atoms with Crippen molar-refractivity contribution < 1.29 is 29.3 Å². The Balaban J connectivity index is 1.69. The van der Waals surface area contributed by atoms with Gasteiger partial charge in [-0.25, -0.2) is 9.59 Å². The van der Waals surface area contributed by atoms with Gasteiger partial charge in [0.15, 0.2) is 0 Å². The van der Waals surface area contributed by atoms with Crippen molar-refractivity contribution in [2.24, 2.45) is 11.3 Å². The Bertz CT molecular complexity index is 948. The lowest BCUT2D eigenvalue weighted by Gasteiger charge is -2.29. The van der Waals surface area contributed by atoms with Gasteiger partial charge >= 0.3 is 18.0 Å². The van der Waals surface area contributed by atoms with Gasteiger partial charge in [-0.2, -0.15) is 0 Å². The summed E-state index contributed by atoms with van der Waals surface area (Å²) in [6.07, 6.45) is -1.12. The third kappa shape index (κ3) is 4.87. The van der Waals surface area contributed by atoms with Crippen molar-refractivity contribution in [3.63, 3.8) is 0 Å². The van der Waals surface area contributed by atoms with Crippen LogP contribution in [-0.2, 0) is 14.3 Å². The first-order valence-electron chi connectivity index (χ1n) is 10.2. The molecule has 1 amide bonds. The number of rotatable bonds is 7. The van der Waals surface area contributed by atoms with E-state index in [0.29, 0.717) is 0 Å². The number of carbonyl (C=O) groups excluding carboxylic acids is 1. The lowest BCUT2D eigenvalue weighted by Crippen LogP contribution is -2.45. The molecule has 164 valence electrons. The molecule has 3 N–H and O–H groups in total. The molecule has 0 unspecified atom stereocenters. The number of benzene rings is 2. The molecule has 1 aliphatic rings. The maximum absolute atomic E-state index is 12.4. The molecule has 0 saturated heterocycles. The fraction of sp³-hybridized carbons (Fsp3) is 0.375. The van der Waals surface area contributed by atoms with Crippen molar-refractivity contribution in [3.05, 3.63) is 59.7 Å². The van der Waals surface area contributed by atoms with E-state index in [2.05, 4.69) is 5.32 Å². The predicted molar refractivity (Wildman–Crippen MR) is 115 cm³/mol. The fourth-order valence-corrected chi connectivity index (χ4v) is 4.06. The summed E-state index contributed by atoms with van der Waals surface area (Å²) >= 11 is 0. The van der Waals surface area contributed by atoms with Crippen LogP contribution in [0.15, 0.2) is 48.5 Å². The zero-order valence-corrected chi connectivity index (χ0v) is 17.8. The first-order chi connectivity index (χ1) is 14.6. The Kier molecular flexibility index (Phi) is 6.34. The van der Waals surface area contributed by atoms with E-state index in [1.165, 1.54) is 0 Å². The van der Waals surface area contributed by atoms with Crippen molar-refractivity contribution >= 4 is 18.0 Å². The monoisotopic (exact) mass is 425 g/mol. The second kappa shape index (κ2) is 8.79. The molecule has 2 aromatic rings. The maximum atomic E-state index is 12.4. The molecule has 0 radical (unpaired) electrons. The van der Waals surface area contributed by atoms with E-state index in [1.807, 2.05) is 48.5 Å². The van der Waals surface area contributed by atoms with Crippen LogP contribution >= 0.6 is 0 Å². The predicted octanol–water partition coefficient (Wildman–Crippen LogP) is 4.12. The highest BCUT2D eigenvalue weighted by Crippen LogP contribution is 2.44. The number of nitrogens with one attached hydrogen (secondary N) is 1. The van der Waals surface area contributed by atoms with Crippen LogP contribution in [-0.4, -0.2) is 40.9 Å². The molecule has 3 rings (SSSR count). The number of hydrogen-bond acceptors (Lipinski definition) is 4. The van der Waals surface area contributed by atoms with Gasteiger partial charge in [0.05, 0.1) is 5.92 Å². The Morgan fingerprint density at radius 3 is 1.90 bits per heavy atom. The molecule has 0 aliphatic heterocycles. The molecule has 7 heteroatoms. The molecule has 7 nitrogen and oxygen atoms in total. The summed E-state index contributed by atoms with van der Waals surface area (Å²) < 4.78 is 5.39. The van der Waals surface area contributed by atoms with E-state index in [-0.39, 0.29) is 18.9 Å². The average Bonchev–Trinajstić information content (AvgIpc) is 3.02. The van der Waals surface area contributed by atoms with Crippen molar-refractivity contribution in [2.75, 3.05) is 6.61 Å². The van der Waals surface area contributed by atoms with Gasteiger partial charge in [-0.3, -0.25) is 4.79 Å². The van der Waals surface area contributed by atoms with Gasteiger partial charge in [0, 0.05) is 5.92 Å². The summed E-state index contributed by atoms with van der Waals surface area (Å²) in [6.45, 7) is 5.21. The van der Waals surface area contributed by atoms with E-state index in [4.69, 9.17) is 4.74 Å². The minimum Gasteiger partial charge on any atom is -0.481 e. The van der Waals surface area contributed by atoms with Crippen molar-refractivity contribution in [1.29, 1.82) is 0 Å². The normalized spacial score (nSPS) is 14.8. The Morgan fingerprint density at radius 1 is 0.935 bits per heavy atom. The second-order valence-corrected chi connectivity index (χ2v) is 8.85. The van der Waals surface area contributed by atoms with Crippen LogP contribution in [0, 0.1) is 11.3 Å². The van der Waals surface area contributed by atoms with Crippen LogP contribution in [0.5, 0.6) is 0 Å². The van der Waals surface area contributed by atoms with Crippen LogP contribution in [0.2, 0.25) is 0 Å². The van der Waals surface area contributed by atoms with Gasteiger partial charge in [0.1, 0.15) is 12.6 Å². The lowest BCUT2D eigenvalue weighted by molar-refractivity contribution is -0.147. The van der Waals surface area contributed by atoms with Crippen molar-refractivity contribution in [2.45, 2.75) is 39.2 Å². The lowest BCUT2D eigenvalue weighted by atomic mass is 9.77. The van der Waals surface area contributed by atoms with E-state index >= 15 is 0 Å². The zero-order chi connectivity index (χ0) is 22.8. The van der Waals surface area contributed by atoms with E-state index in [9.17, 15) is 24.6 Å². The largest absolute Gasteiger partial charge is 0.481 e. The van der Waals surface area contributed by atoms with Crippen LogP contribution in [0.4, 0.5) is 4.79 Å². The summed E-state index contributed by atoms with van der Waals surface area (Å²) in [6, 6.07) is 14.4. The fourth-order valence-electron chi connectivity index (χ4n) is 4.06.